The van der Waals surface area contributed by atoms with Crippen molar-refractivity contribution in [3.8, 4) is 0 Å². The average Bonchev–Trinajstić information content (AvgIpc) is 2.80. The zero-order chi connectivity index (χ0) is 13.1. The highest BCUT2D eigenvalue weighted by molar-refractivity contribution is 7.98. The summed E-state index contributed by atoms with van der Waals surface area (Å²) in [6.45, 7) is 1.97. The summed E-state index contributed by atoms with van der Waals surface area (Å²) in [5.74, 6) is -0.329. The van der Waals surface area contributed by atoms with Gasteiger partial charge in [-0.1, -0.05) is 6.07 Å². The third-order valence-corrected chi connectivity index (χ3v) is 4.51. The predicted molar refractivity (Wildman–Crippen MR) is 74.2 cm³/mol. The molecular formula is C12H12N2O2S2. The van der Waals surface area contributed by atoms with Crippen LogP contribution in [0.3, 0.4) is 0 Å². The minimum absolute atomic E-state index is 0.134. The van der Waals surface area contributed by atoms with Crippen molar-refractivity contribution >= 4 is 34.8 Å². The molecule has 0 atom stereocenters. The van der Waals surface area contributed by atoms with Crippen molar-refractivity contribution < 1.29 is 9.90 Å². The maximum absolute atomic E-state index is 10.7. The number of nitrogens with two attached hydrogens (primary N) is 1. The number of aromatic nitrogens is 1. The van der Waals surface area contributed by atoms with Crippen molar-refractivity contribution in [2.45, 2.75) is 17.6 Å². The van der Waals surface area contributed by atoms with E-state index >= 15 is 0 Å². The van der Waals surface area contributed by atoms with E-state index < -0.39 is 5.97 Å². The van der Waals surface area contributed by atoms with Crippen LogP contribution in [0.1, 0.15) is 21.1 Å². The molecule has 3 N–H and O–H groups in total. The smallest absolute Gasteiger partial charge is 0.365 e. The topological polar surface area (TPSA) is 76.2 Å². The molecule has 0 aliphatic carbocycles. The number of thioether (sulfide) groups is 1. The molecule has 0 unspecified atom stereocenters. The van der Waals surface area contributed by atoms with E-state index in [1.807, 2.05) is 25.1 Å². The standard InChI is InChI=1S/C12H12N2O2S2/c1-7-9(13)3-2-4-10(7)17-5-8-6-18-11(14-8)12(15)16/h2-4,6H,5,13H2,1H3,(H,15,16). The number of hydrogen-bond donors (Lipinski definition) is 2. The molecule has 0 fully saturated rings. The molecule has 0 aliphatic rings. The van der Waals surface area contributed by atoms with Gasteiger partial charge in [-0.2, -0.15) is 0 Å². The molecule has 6 heteroatoms. The van der Waals surface area contributed by atoms with E-state index in [0.29, 0.717) is 5.75 Å². The minimum atomic E-state index is -0.976. The Bertz CT molecular complexity index is 581. The molecule has 0 bridgehead atoms. The molecule has 4 nitrogen and oxygen atoms in total. The Hall–Kier alpha value is -1.53. The molecule has 0 amide bonds. The van der Waals surface area contributed by atoms with Crippen LogP contribution in [0.15, 0.2) is 28.5 Å². The molecule has 1 aromatic carbocycles. The highest BCUT2D eigenvalue weighted by Crippen LogP contribution is 2.29. The second kappa shape index (κ2) is 5.41. The number of anilines is 1. The molecule has 2 aromatic rings. The fourth-order valence-electron chi connectivity index (χ4n) is 1.41. The monoisotopic (exact) mass is 280 g/mol. The number of aromatic carboxylic acids is 1. The number of carbonyl (C=O) groups is 1. The first-order chi connectivity index (χ1) is 8.58. The summed E-state index contributed by atoms with van der Waals surface area (Å²) in [6.07, 6.45) is 0. The van der Waals surface area contributed by atoms with Crippen molar-refractivity contribution in [2.75, 3.05) is 5.73 Å². The Morgan fingerprint density at radius 1 is 1.56 bits per heavy atom. The Kier molecular flexibility index (Phi) is 3.88. The number of hydrogen-bond acceptors (Lipinski definition) is 5. The first kappa shape index (κ1) is 12.9. The van der Waals surface area contributed by atoms with E-state index in [1.165, 1.54) is 0 Å². The number of thiazole rings is 1. The van der Waals surface area contributed by atoms with Crippen LogP contribution in [0, 0.1) is 6.92 Å². The predicted octanol–water partition coefficient (Wildman–Crippen LogP) is 3.02. The number of carboxylic acids is 1. The van der Waals surface area contributed by atoms with E-state index in [-0.39, 0.29) is 5.01 Å². The van der Waals surface area contributed by atoms with Gasteiger partial charge >= 0.3 is 5.97 Å². The van der Waals surface area contributed by atoms with Crippen molar-refractivity contribution in [1.29, 1.82) is 0 Å². The molecule has 1 heterocycles. The normalized spacial score (nSPS) is 10.5. The zero-order valence-corrected chi connectivity index (χ0v) is 11.3. The van der Waals surface area contributed by atoms with Crippen molar-refractivity contribution in [3.63, 3.8) is 0 Å². The van der Waals surface area contributed by atoms with Gasteiger partial charge in [0.15, 0.2) is 0 Å². The second-order valence-corrected chi connectivity index (χ2v) is 5.58. The molecule has 0 saturated heterocycles. The van der Waals surface area contributed by atoms with Gasteiger partial charge < -0.3 is 10.8 Å². The third-order valence-electron chi connectivity index (χ3n) is 2.44. The second-order valence-electron chi connectivity index (χ2n) is 3.71. The van der Waals surface area contributed by atoms with Crippen LogP contribution in [0.5, 0.6) is 0 Å². The van der Waals surface area contributed by atoms with Gasteiger partial charge in [-0.15, -0.1) is 23.1 Å². The molecule has 0 spiro atoms. The molecule has 94 valence electrons. The Balaban J connectivity index is 2.07. The number of benzene rings is 1. The van der Waals surface area contributed by atoms with Gasteiger partial charge in [-0.25, -0.2) is 9.78 Å². The summed E-state index contributed by atoms with van der Waals surface area (Å²) in [4.78, 5) is 15.9. The SMILES string of the molecule is Cc1c(N)cccc1SCc1csc(C(=O)O)n1. The van der Waals surface area contributed by atoms with Crippen molar-refractivity contribution in [1.82, 2.24) is 4.98 Å². The van der Waals surface area contributed by atoms with Gasteiger partial charge in [0, 0.05) is 21.7 Å². The molecular weight excluding hydrogens is 268 g/mol. The average molecular weight is 280 g/mol. The molecule has 0 aliphatic heterocycles. The van der Waals surface area contributed by atoms with E-state index in [2.05, 4.69) is 4.98 Å². The van der Waals surface area contributed by atoms with Crippen LogP contribution in [-0.2, 0) is 5.75 Å². The molecule has 0 radical (unpaired) electrons. The number of rotatable bonds is 4. The van der Waals surface area contributed by atoms with Gasteiger partial charge in [-0.3, -0.25) is 0 Å². The van der Waals surface area contributed by atoms with Crippen LogP contribution < -0.4 is 5.73 Å². The molecule has 1 aromatic heterocycles. The number of nitrogen functional groups attached to an aromatic ring is 1. The summed E-state index contributed by atoms with van der Waals surface area (Å²) in [6, 6.07) is 5.78. The van der Waals surface area contributed by atoms with Crippen molar-refractivity contribution in [2.24, 2.45) is 0 Å². The highest BCUT2D eigenvalue weighted by atomic mass is 32.2. The van der Waals surface area contributed by atoms with Gasteiger partial charge in [0.1, 0.15) is 0 Å². The summed E-state index contributed by atoms with van der Waals surface area (Å²) >= 11 is 2.76. The van der Waals surface area contributed by atoms with Crippen LogP contribution in [0.25, 0.3) is 0 Å². The maximum Gasteiger partial charge on any atom is 0.365 e. The Labute approximate surface area is 113 Å². The lowest BCUT2D eigenvalue weighted by atomic mass is 10.2. The van der Waals surface area contributed by atoms with E-state index in [9.17, 15) is 4.79 Å². The van der Waals surface area contributed by atoms with Crippen LogP contribution in [0.4, 0.5) is 5.69 Å². The largest absolute Gasteiger partial charge is 0.476 e. The lowest BCUT2D eigenvalue weighted by molar-refractivity contribution is 0.0696. The van der Waals surface area contributed by atoms with E-state index in [1.54, 1.807) is 17.1 Å². The highest BCUT2D eigenvalue weighted by Gasteiger charge is 2.09. The molecule has 0 saturated carbocycles. The molecule has 18 heavy (non-hydrogen) atoms. The van der Waals surface area contributed by atoms with Gasteiger partial charge in [-0.05, 0) is 24.6 Å². The van der Waals surface area contributed by atoms with Crippen LogP contribution in [-0.4, -0.2) is 16.1 Å². The number of nitrogens with zero attached hydrogens (tertiary/aromatic N) is 1. The van der Waals surface area contributed by atoms with Gasteiger partial charge in [0.25, 0.3) is 0 Å². The van der Waals surface area contributed by atoms with Crippen LogP contribution in [0.2, 0.25) is 0 Å². The van der Waals surface area contributed by atoms with Gasteiger partial charge in [0.2, 0.25) is 5.01 Å². The quantitative estimate of drug-likeness (QED) is 0.665. The van der Waals surface area contributed by atoms with Gasteiger partial charge in [0.05, 0.1) is 5.69 Å². The van der Waals surface area contributed by atoms with E-state index in [0.717, 1.165) is 33.2 Å². The van der Waals surface area contributed by atoms with Crippen LogP contribution >= 0.6 is 23.1 Å². The molecule has 2 rings (SSSR count). The fraction of sp³-hybridized carbons (Fsp3) is 0.167. The third kappa shape index (κ3) is 2.83. The summed E-state index contributed by atoms with van der Waals surface area (Å²) in [7, 11) is 0. The Morgan fingerprint density at radius 2 is 2.33 bits per heavy atom. The number of carboxylic acid groups (broad SMARTS) is 1. The fourth-order valence-corrected chi connectivity index (χ4v) is 3.13. The maximum atomic E-state index is 10.7. The van der Waals surface area contributed by atoms with Crippen molar-refractivity contribution in [3.05, 3.63) is 39.8 Å². The first-order valence-electron chi connectivity index (χ1n) is 5.23. The summed E-state index contributed by atoms with van der Waals surface area (Å²) < 4.78 is 0. The van der Waals surface area contributed by atoms with E-state index in [4.69, 9.17) is 10.8 Å². The lowest BCUT2D eigenvalue weighted by Gasteiger charge is -2.06. The first-order valence-corrected chi connectivity index (χ1v) is 7.10. The lowest BCUT2D eigenvalue weighted by Crippen LogP contribution is -1.95. The minimum Gasteiger partial charge on any atom is -0.476 e. The zero-order valence-electron chi connectivity index (χ0n) is 9.71. The summed E-state index contributed by atoms with van der Waals surface area (Å²) in [5, 5.41) is 10.7. The summed E-state index contributed by atoms with van der Waals surface area (Å²) in [5.41, 5.74) is 8.43. The Morgan fingerprint density at radius 3 is 3.00 bits per heavy atom.